The second-order valence-corrected chi connectivity index (χ2v) is 7.06. The van der Waals surface area contributed by atoms with Crippen molar-refractivity contribution in [1.29, 1.82) is 0 Å². The molecule has 0 radical (unpaired) electrons. The van der Waals surface area contributed by atoms with Crippen molar-refractivity contribution >= 4 is 22.1 Å². The second-order valence-electron chi connectivity index (χ2n) is 5.24. The molecule has 0 aromatic heterocycles. The first-order chi connectivity index (χ1) is 9.90. The van der Waals surface area contributed by atoms with Gasteiger partial charge >= 0.3 is 5.97 Å². The first-order valence-corrected chi connectivity index (χ1v) is 8.39. The fraction of sp³-hybridized carbons (Fsp3) is 0.400. The molecule has 0 amide bonds. The molecule has 21 heavy (non-hydrogen) atoms. The first-order valence-electron chi connectivity index (χ1n) is 6.91. The van der Waals surface area contributed by atoms with E-state index in [9.17, 15) is 13.2 Å². The number of carbonyl (C=O) groups is 1. The third-order valence-electron chi connectivity index (χ3n) is 3.65. The number of hydrogen-bond acceptors (Lipinski definition) is 3. The maximum absolute atomic E-state index is 12.2. The summed E-state index contributed by atoms with van der Waals surface area (Å²) in [6.45, 7) is 1.70. The molecule has 5 nitrogen and oxygen atoms in total. The number of hydrogen-bond donors (Lipinski definition) is 2. The smallest absolute Gasteiger partial charge is 0.306 e. The predicted octanol–water partition coefficient (Wildman–Crippen LogP) is 2.00. The Bertz CT molecular complexity index is 664. The molecule has 2 rings (SSSR count). The molecule has 0 spiro atoms. The third-order valence-corrected chi connectivity index (χ3v) is 5.24. The van der Waals surface area contributed by atoms with Crippen molar-refractivity contribution in [3.05, 3.63) is 40.3 Å². The summed E-state index contributed by atoms with van der Waals surface area (Å²) >= 11 is 0. The number of benzene rings is 1. The number of carboxylic acid groups (broad SMARTS) is 1. The summed E-state index contributed by atoms with van der Waals surface area (Å²) in [5.41, 5.74) is 2.08. The summed E-state index contributed by atoms with van der Waals surface area (Å²) in [5, 5.41) is 8.78. The molecular weight excluding hydrogens is 290 g/mol. The van der Waals surface area contributed by atoms with E-state index in [0.717, 1.165) is 11.1 Å². The lowest BCUT2D eigenvalue weighted by Crippen LogP contribution is -2.29. The van der Waals surface area contributed by atoms with E-state index in [1.165, 1.54) is 0 Å². The summed E-state index contributed by atoms with van der Waals surface area (Å²) in [4.78, 5) is 11.1. The molecule has 1 unspecified atom stereocenters. The van der Waals surface area contributed by atoms with Gasteiger partial charge in [-0.15, -0.1) is 0 Å². The third kappa shape index (κ3) is 3.92. The SMILES string of the molecule is CC(CCNS(=O)(=O)C1=Cc2ccccc2CC1)C(=O)O. The summed E-state index contributed by atoms with van der Waals surface area (Å²) in [7, 11) is -3.53. The van der Waals surface area contributed by atoms with Crippen LogP contribution in [0.2, 0.25) is 0 Å². The molecule has 1 aliphatic rings. The van der Waals surface area contributed by atoms with Crippen LogP contribution in [0.4, 0.5) is 0 Å². The molecule has 0 saturated carbocycles. The van der Waals surface area contributed by atoms with Crippen molar-refractivity contribution in [3.8, 4) is 0 Å². The Morgan fingerprint density at radius 1 is 1.33 bits per heavy atom. The minimum atomic E-state index is -3.53. The van der Waals surface area contributed by atoms with Crippen LogP contribution in [-0.2, 0) is 21.2 Å². The highest BCUT2D eigenvalue weighted by Gasteiger charge is 2.21. The van der Waals surface area contributed by atoms with Gasteiger partial charge in [-0.1, -0.05) is 31.2 Å². The van der Waals surface area contributed by atoms with Gasteiger partial charge in [-0.05, 0) is 36.5 Å². The Balaban J connectivity index is 2.04. The van der Waals surface area contributed by atoms with Gasteiger partial charge in [0.15, 0.2) is 0 Å². The molecular formula is C15H19NO4S. The van der Waals surface area contributed by atoms with E-state index in [0.29, 0.717) is 17.7 Å². The molecule has 1 aliphatic carbocycles. The van der Waals surface area contributed by atoms with E-state index < -0.39 is 21.9 Å². The van der Waals surface area contributed by atoms with E-state index in [1.54, 1.807) is 13.0 Å². The lowest BCUT2D eigenvalue weighted by atomic mass is 9.98. The molecule has 0 aliphatic heterocycles. The number of nitrogens with one attached hydrogen (secondary N) is 1. The zero-order valence-corrected chi connectivity index (χ0v) is 12.7. The maximum Gasteiger partial charge on any atom is 0.306 e. The van der Waals surface area contributed by atoms with Gasteiger partial charge in [0.05, 0.1) is 10.8 Å². The lowest BCUT2D eigenvalue weighted by molar-refractivity contribution is -0.141. The average Bonchev–Trinajstić information content (AvgIpc) is 2.46. The van der Waals surface area contributed by atoms with Gasteiger partial charge in [0.25, 0.3) is 0 Å². The molecule has 114 valence electrons. The van der Waals surface area contributed by atoms with Crippen LogP contribution in [0.1, 0.15) is 30.9 Å². The largest absolute Gasteiger partial charge is 0.481 e. The van der Waals surface area contributed by atoms with E-state index >= 15 is 0 Å². The Morgan fingerprint density at radius 3 is 2.76 bits per heavy atom. The maximum atomic E-state index is 12.2. The topological polar surface area (TPSA) is 83.5 Å². The normalized spacial score (nSPS) is 16.0. The van der Waals surface area contributed by atoms with Crippen molar-refractivity contribution in [1.82, 2.24) is 4.72 Å². The summed E-state index contributed by atoms with van der Waals surface area (Å²) in [6.07, 6.45) is 3.15. The van der Waals surface area contributed by atoms with Gasteiger partial charge in [-0.3, -0.25) is 4.79 Å². The van der Waals surface area contributed by atoms with Gasteiger partial charge in [-0.2, -0.15) is 0 Å². The standard InChI is InChI=1S/C15H19NO4S/c1-11(15(17)18)8-9-16-21(19,20)14-7-6-12-4-2-3-5-13(12)10-14/h2-5,10-11,16H,6-9H2,1H3,(H,17,18). The van der Waals surface area contributed by atoms with Crippen molar-refractivity contribution in [2.24, 2.45) is 5.92 Å². The van der Waals surface area contributed by atoms with E-state index in [4.69, 9.17) is 5.11 Å². The fourth-order valence-corrected chi connectivity index (χ4v) is 3.47. The van der Waals surface area contributed by atoms with Crippen LogP contribution in [0.25, 0.3) is 6.08 Å². The molecule has 1 aromatic rings. The molecule has 6 heteroatoms. The molecule has 2 N–H and O–H groups in total. The quantitative estimate of drug-likeness (QED) is 0.842. The van der Waals surface area contributed by atoms with E-state index in [1.807, 2.05) is 24.3 Å². The molecule has 0 fully saturated rings. The molecule has 1 aromatic carbocycles. The number of sulfonamides is 1. The van der Waals surface area contributed by atoms with Crippen molar-refractivity contribution in [3.63, 3.8) is 0 Å². The highest BCUT2D eigenvalue weighted by atomic mass is 32.2. The van der Waals surface area contributed by atoms with Gasteiger partial charge in [0, 0.05) is 6.54 Å². The van der Waals surface area contributed by atoms with Crippen LogP contribution in [-0.4, -0.2) is 26.0 Å². The van der Waals surface area contributed by atoms with Crippen LogP contribution in [0.3, 0.4) is 0 Å². The van der Waals surface area contributed by atoms with Crippen LogP contribution < -0.4 is 4.72 Å². The highest BCUT2D eigenvalue weighted by molar-refractivity contribution is 7.93. The fourth-order valence-electron chi connectivity index (χ4n) is 2.24. The van der Waals surface area contributed by atoms with Gasteiger partial charge < -0.3 is 5.11 Å². The average molecular weight is 309 g/mol. The number of aryl methyl sites for hydroxylation is 1. The zero-order valence-electron chi connectivity index (χ0n) is 11.9. The molecule has 0 saturated heterocycles. The van der Waals surface area contributed by atoms with Gasteiger partial charge in [0.1, 0.15) is 0 Å². The molecule has 0 heterocycles. The second kappa shape index (κ2) is 6.41. The number of rotatable bonds is 6. The summed E-state index contributed by atoms with van der Waals surface area (Å²) in [6, 6.07) is 7.72. The predicted molar refractivity (Wildman–Crippen MR) is 81.1 cm³/mol. The summed E-state index contributed by atoms with van der Waals surface area (Å²) < 4.78 is 26.9. The van der Waals surface area contributed by atoms with Crippen molar-refractivity contribution in [2.45, 2.75) is 26.2 Å². The van der Waals surface area contributed by atoms with Gasteiger partial charge in [-0.25, -0.2) is 13.1 Å². The lowest BCUT2D eigenvalue weighted by Gasteiger charge is -2.17. The molecule has 1 atom stereocenters. The number of aliphatic carboxylic acids is 1. The Morgan fingerprint density at radius 2 is 2.05 bits per heavy atom. The molecule has 0 bridgehead atoms. The Labute approximate surface area is 124 Å². The highest BCUT2D eigenvalue weighted by Crippen LogP contribution is 2.26. The van der Waals surface area contributed by atoms with Crippen molar-refractivity contribution < 1.29 is 18.3 Å². The van der Waals surface area contributed by atoms with Crippen LogP contribution >= 0.6 is 0 Å². The number of allylic oxidation sites excluding steroid dienone is 1. The Kier molecular flexibility index (Phi) is 4.80. The minimum absolute atomic E-state index is 0.134. The first kappa shape index (κ1) is 15.7. The number of carboxylic acids is 1. The van der Waals surface area contributed by atoms with E-state index in [2.05, 4.69) is 4.72 Å². The zero-order chi connectivity index (χ0) is 15.5. The Hall–Kier alpha value is -1.66. The van der Waals surface area contributed by atoms with Crippen LogP contribution in [0.5, 0.6) is 0 Å². The minimum Gasteiger partial charge on any atom is -0.481 e. The van der Waals surface area contributed by atoms with Crippen LogP contribution in [0, 0.1) is 5.92 Å². The van der Waals surface area contributed by atoms with Crippen molar-refractivity contribution in [2.75, 3.05) is 6.54 Å². The monoisotopic (exact) mass is 309 g/mol. The number of fused-ring (bicyclic) bond motifs is 1. The van der Waals surface area contributed by atoms with E-state index in [-0.39, 0.29) is 13.0 Å². The van der Waals surface area contributed by atoms with Gasteiger partial charge in [0.2, 0.25) is 10.0 Å². The van der Waals surface area contributed by atoms with Crippen LogP contribution in [0.15, 0.2) is 29.2 Å². The summed E-state index contributed by atoms with van der Waals surface area (Å²) in [5.74, 6) is -1.48.